The first-order valence-corrected chi connectivity index (χ1v) is 6.04. The maximum absolute atomic E-state index is 12.9. The first-order valence-electron chi connectivity index (χ1n) is 5.24. The molecular weight excluding hydrogens is 294 g/mol. The van der Waals surface area contributed by atoms with Crippen molar-refractivity contribution in [3.05, 3.63) is 33.8 Å². The summed E-state index contributed by atoms with van der Waals surface area (Å²) in [5.74, 6) is -0.942. The van der Waals surface area contributed by atoms with Gasteiger partial charge in [-0.3, -0.25) is 4.79 Å². The fourth-order valence-corrected chi connectivity index (χ4v) is 2.52. The highest BCUT2D eigenvalue weighted by atomic mass is 79.9. The SMILES string of the molecule is O=C(O)CC1(c2cc(Br)ccc2C(F)F)CC1. The average molecular weight is 305 g/mol. The van der Waals surface area contributed by atoms with Gasteiger partial charge >= 0.3 is 5.97 Å². The van der Waals surface area contributed by atoms with E-state index in [0.717, 1.165) is 0 Å². The molecule has 1 fully saturated rings. The highest BCUT2D eigenvalue weighted by Gasteiger charge is 2.48. The van der Waals surface area contributed by atoms with Crippen molar-refractivity contribution in [3.63, 3.8) is 0 Å². The predicted octanol–water partition coefficient (Wildman–Crippen LogP) is 3.89. The molecule has 1 saturated carbocycles. The molecule has 1 N–H and O–H groups in total. The maximum atomic E-state index is 12.9. The normalized spacial score (nSPS) is 17.2. The van der Waals surface area contributed by atoms with E-state index in [2.05, 4.69) is 15.9 Å². The third-order valence-corrected chi connectivity index (χ3v) is 3.66. The zero-order valence-corrected chi connectivity index (χ0v) is 10.5. The van der Waals surface area contributed by atoms with Crippen molar-refractivity contribution in [2.75, 3.05) is 0 Å². The van der Waals surface area contributed by atoms with Crippen molar-refractivity contribution in [1.29, 1.82) is 0 Å². The summed E-state index contributed by atoms with van der Waals surface area (Å²) in [5.41, 5.74) is -0.155. The Balaban J connectivity index is 2.43. The van der Waals surface area contributed by atoms with Gasteiger partial charge in [0.2, 0.25) is 0 Å². The summed E-state index contributed by atoms with van der Waals surface area (Å²) < 4.78 is 26.5. The summed E-state index contributed by atoms with van der Waals surface area (Å²) >= 11 is 3.24. The summed E-state index contributed by atoms with van der Waals surface area (Å²) in [5, 5.41) is 8.85. The van der Waals surface area contributed by atoms with E-state index in [1.165, 1.54) is 6.07 Å². The molecule has 0 atom stereocenters. The number of alkyl halides is 2. The first-order chi connectivity index (χ1) is 7.94. The Hall–Kier alpha value is -0.970. The Labute approximate surface area is 106 Å². The molecule has 0 unspecified atom stereocenters. The minimum absolute atomic E-state index is 0.0491. The standard InChI is InChI=1S/C12H11BrF2O2/c13-7-1-2-8(11(14)15)9(5-7)12(3-4-12)6-10(16)17/h1-2,5,11H,3-4,6H2,(H,16,17). The molecule has 2 nitrogen and oxygen atoms in total. The van der Waals surface area contributed by atoms with Crippen LogP contribution in [0.3, 0.4) is 0 Å². The lowest BCUT2D eigenvalue weighted by molar-refractivity contribution is -0.137. The van der Waals surface area contributed by atoms with E-state index in [9.17, 15) is 13.6 Å². The largest absolute Gasteiger partial charge is 0.481 e. The average Bonchev–Trinajstić information content (AvgIpc) is 2.97. The quantitative estimate of drug-likeness (QED) is 0.916. The molecule has 5 heteroatoms. The highest BCUT2D eigenvalue weighted by molar-refractivity contribution is 9.10. The van der Waals surface area contributed by atoms with Gasteiger partial charge in [0, 0.05) is 15.5 Å². The molecule has 0 heterocycles. The van der Waals surface area contributed by atoms with Crippen molar-refractivity contribution >= 4 is 21.9 Å². The molecule has 2 rings (SSSR count). The van der Waals surface area contributed by atoms with Crippen LogP contribution in [-0.2, 0) is 10.2 Å². The Kier molecular flexibility index (Phi) is 3.21. The molecule has 0 aromatic heterocycles. The molecule has 1 aliphatic rings. The Morgan fingerprint density at radius 3 is 2.59 bits per heavy atom. The Morgan fingerprint density at radius 2 is 2.12 bits per heavy atom. The molecular formula is C12H11BrF2O2. The highest BCUT2D eigenvalue weighted by Crippen LogP contribution is 2.53. The minimum Gasteiger partial charge on any atom is -0.481 e. The molecule has 1 aliphatic carbocycles. The number of aliphatic carboxylic acids is 1. The zero-order valence-electron chi connectivity index (χ0n) is 8.92. The Morgan fingerprint density at radius 1 is 1.47 bits per heavy atom. The van der Waals surface area contributed by atoms with E-state index in [-0.39, 0.29) is 12.0 Å². The molecule has 0 amide bonds. The zero-order chi connectivity index (χ0) is 12.6. The number of carbonyl (C=O) groups is 1. The van der Waals surface area contributed by atoms with E-state index in [4.69, 9.17) is 5.11 Å². The van der Waals surface area contributed by atoms with Gasteiger partial charge in [0.05, 0.1) is 6.42 Å². The summed E-state index contributed by atoms with van der Waals surface area (Å²) in [6.45, 7) is 0. The van der Waals surface area contributed by atoms with Crippen molar-refractivity contribution in [2.45, 2.75) is 31.1 Å². The number of halogens is 3. The Bertz CT molecular complexity index is 456. The van der Waals surface area contributed by atoms with E-state index in [1.54, 1.807) is 12.1 Å². The number of hydrogen-bond acceptors (Lipinski definition) is 1. The smallest absolute Gasteiger partial charge is 0.304 e. The van der Waals surface area contributed by atoms with E-state index in [1.807, 2.05) is 0 Å². The number of carboxylic acids is 1. The molecule has 92 valence electrons. The molecule has 17 heavy (non-hydrogen) atoms. The first kappa shape index (κ1) is 12.5. The van der Waals surface area contributed by atoms with Crippen molar-refractivity contribution < 1.29 is 18.7 Å². The predicted molar refractivity (Wildman–Crippen MR) is 62.3 cm³/mol. The van der Waals surface area contributed by atoms with Crippen LogP contribution in [0.15, 0.2) is 22.7 Å². The van der Waals surface area contributed by atoms with Crippen LogP contribution in [-0.4, -0.2) is 11.1 Å². The van der Waals surface area contributed by atoms with Crippen molar-refractivity contribution in [3.8, 4) is 0 Å². The molecule has 0 bridgehead atoms. The van der Waals surface area contributed by atoms with Crippen molar-refractivity contribution in [2.24, 2.45) is 0 Å². The fraction of sp³-hybridized carbons (Fsp3) is 0.417. The lowest BCUT2D eigenvalue weighted by Crippen LogP contribution is -2.15. The second-order valence-electron chi connectivity index (χ2n) is 4.38. The van der Waals surface area contributed by atoms with Crippen LogP contribution in [0.1, 0.15) is 36.8 Å². The van der Waals surface area contributed by atoms with Gasteiger partial charge in [0.15, 0.2) is 0 Å². The van der Waals surface area contributed by atoms with Crippen LogP contribution < -0.4 is 0 Å². The second kappa shape index (κ2) is 4.37. The second-order valence-corrected chi connectivity index (χ2v) is 5.30. The van der Waals surface area contributed by atoms with Gasteiger partial charge in [-0.05, 0) is 30.5 Å². The van der Waals surface area contributed by atoms with Crippen LogP contribution in [0.2, 0.25) is 0 Å². The third-order valence-electron chi connectivity index (χ3n) is 3.16. The van der Waals surface area contributed by atoms with Gasteiger partial charge in [0.1, 0.15) is 0 Å². The van der Waals surface area contributed by atoms with Crippen LogP contribution in [0.25, 0.3) is 0 Å². The summed E-state index contributed by atoms with van der Waals surface area (Å²) in [6.07, 6.45) is -1.32. The van der Waals surface area contributed by atoms with Gasteiger partial charge in [-0.25, -0.2) is 8.78 Å². The molecule has 0 spiro atoms. The number of rotatable bonds is 4. The van der Waals surface area contributed by atoms with Crippen LogP contribution in [0.4, 0.5) is 8.78 Å². The van der Waals surface area contributed by atoms with Crippen molar-refractivity contribution in [1.82, 2.24) is 0 Å². The van der Waals surface area contributed by atoms with Gasteiger partial charge in [0.25, 0.3) is 6.43 Å². The van der Waals surface area contributed by atoms with Gasteiger partial charge in [-0.1, -0.05) is 22.0 Å². The van der Waals surface area contributed by atoms with E-state index < -0.39 is 17.8 Å². The molecule has 1 aromatic carbocycles. The van der Waals surface area contributed by atoms with Crippen LogP contribution in [0, 0.1) is 0 Å². The fourth-order valence-electron chi connectivity index (χ4n) is 2.16. The molecule has 0 radical (unpaired) electrons. The summed E-state index contributed by atoms with van der Waals surface area (Å²) in [4.78, 5) is 10.8. The number of benzene rings is 1. The van der Waals surface area contributed by atoms with Gasteiger partial charge in [-0.15, -0.1) is 0 Å². The molecule has 1 aromatic rings. The monoisotopic (exact) mass is 304 g/mol. The lowest BCUT2D eigenvalue weighted by atomic mass is 9.88. The van der Waals surface area contributed by atoms with Crippen LogP contribution >= 0.6 is 15.9 Å². The topological polar surface area (TPSA) is 37.3 Å². The summed E-state index contributed by atoms with van der Waals surface area (Å²) in [7, 11) is 0. The maximum Gasteiger partial charge on any atom is 0.304 e. The van der Waals surface area contributed by atoms with E-state index >= 15 is 0 Å². The minimum atomic E-state index is -2.57. The van der Waals surface area contributed by atoms with Gasteiger partial charge in [-0.2, -0.15) is 0 Å². The summed E-state index contributed by atoms with van der Waals surface area (Å²) in [6, 6.07) is 4.55. The lowest BCUT2D eigenvalue weighted by Gasteiger charge is -2.18. The van der Waals surface area contributed by atoms with E-state index in [0.29, 0.717) is 22.9 Å². The third kappa shape index (κ3) is 2.49. The number of hydrogen-bond donors (Lipinski definition) is 1. The number of carboxylic acid groups (broad SMARTS) is 1. The van der Waals surface area contributed by atoms with Gasteiger partial charge < -0.3 is 5.11 Å². The molecule has 0 saturated heterocycles. The van der Waals surface area contributed by atoms with Crippen LogP contribution in [0.5, 0.6) is 0 Å². The molecule has 0 aliphatic heterocycles.